The third-order valence-electron chi connectivity index (χ3n) is 3.57. The number of rotatable bonds is 6. The molecule has 3 atom stereocenters. The zero-order valence-corrected chi connectivity index (χ0v) is 17.3. The van der Waals surface area contributed by atoms with Gasteiger partial charge in [0.25, 0.3) is 0 Å². The lowest BCUT2D eigenvalue weighted by Crippen LogP contribution is -2.25. The molecule has 3 unspecified atom stereocenters. The molecule has 0 fully saturated rings. The van der Waals surface area contributed by atoms with E-state index in [-0.39, 0.29) is 6.04 Å². The second-order valence-corrected chi connectivity index (χ2v) is 9.99. The number of hydrogen-bond acceptors (Lipinski definition) is 5. The molecule has 0 radical (unpaired) electrons. The maximum absolute atomic E-state index is 10.2. The van der Waals surface area contributed by atoms with Gasteiger partial charge in [-0.1, -0.05) is 44.2 Å². The van der Waals surface area contributed by atoms with Crippen LogP contribution in [0.4, 0.5) is 0 Å². The molecule has 0 saturated carbocycles. The second kappa shape index (κ2) is 9.59. The van der Waals surface area contributed by atoms with Crippen LogP contribution in [0.5, 0.6) is 0 Å². The van der Waals surface area contributed by atoms with E-state index in [9.17, 15) is 5.11 Å². The zero-order chi connectivity index (χ0) is 18.3. The molecule has 0 aliphatic rings. The summed E-state index contributed by atoms with van der Waals surface area (Å²) in [6, 6.07) is 9.71. The molecule has 2 aromatic rings. The predicted molar refractivity (Wildman–Crippen MR) is 106 cm³/mol. The molecule has 0 saturated heterocycles. The highest BCUT2D eigenvalue weighted by atomic mass is 32.4. The van der Waals surface area contributed by atoms with Gasteiger partial charge in [0.1, 0.15) is 6.33 Å². The Labute approximate surface area is 154 Å². The minimum Gasteiger partial charge on any atom is -0.391 e. The van der Waals surface area contributed by atoms with Crippen LogP contribution in [-0.4, -0.2) is 39.1 Å². The molecule has 0 amide bonds. The average molecular weight is 388 g/mol. The molecule has 8 heteroatoms. The van der Waals surface area contributed by atoms with Crippen molar-refractivity contribution in [1.29, 1.82) is 0 Å². The van der Waals surface area contributed by atoms with E-state index in [0.29, 0.717) is 11.2 Å². The van der Waals surface area contributed by atoms with Gasteiger partial charge in [0.2, 0.25) is 4.77 Å². The van der Waals surface area contributed by atoms with Gasteiger partial charge in [0, 0.05) is 13.8 Å². The van der Waals surface area contributed by atoms with E-state index in [1.807, 2.05) is 50.8 Å². The van der Waals surface area contributed by atoms with E-state index >= 15 is 0 Å². The highest BCUT2D eigenvalue weighted by Gasteiger charge is 2.23. The van der Waals surface area contributed by atoms with Crippen molar-refractivity contribution in [2.75, 3.05) is 13.8 Å². The van der Waals surface area contributed by atoms with Crippen molar-refractivity contribution in [3.05, 3.63) is 47.0 Å². The second-order valence-electron chi connectivity index (χ2n) is 5.19. The fraction of sp³-hybridized carbons (Fsp3) is 0.500. The SMILES string of the molecule is CC.COP(C)(=S)n1cnn(C(Cc2ccccc2)C(C)O)c1=S. The smallest absolute Gasteiger partial charge is 0.203 e. The molecule has 134 valence electrons. The molecule has 1 heterocycles. The van der Waals surface area contributed by atoms with Crippen LogP contribution >= 0.6 is 18.6 Å². The maximum atomic E-state index is 10.2. The minimum absolute atomic E-state index is 0.247. The summed E-state index contributed by atoms with van der Waals surface area (Å²) < 4.78 is 9.25. The van der Waals surface area contributed by atoms with Gasteiger partial charge in [-0.3, -0.25) is 4.34 Å². The van der Waals surface area contributed by atoms with Gasteiger partial charge in [-0.15, -0.1) is 0 Å². The summed E-state index contributed by atoms with van der Waals surface area (Å²) in [5.41, 5.74) is 1.12. The normalized spacial score (nSPS) is 15.8. The minimum atomic E-state index is -2.21. The third-order valence-corrected chi connectivity index (χ3v) is 6.81. The summed E-state index contributed by atoms with van der Waals surface area (Å²) in [5.74, 6) is 0. The molecule has 0 aliphatic carbocycles. The van der Waals surface area contributed by atoms with Crippen LogP contribution < -0.4 is 0 Å². The monoisotopic (exact) mass is 387 g/mol. The van der Waals surface area contributed by atoms with Gasteiger partial charge in [-0.2, -0.15) is 5.10 Å². The van der Waals surface area contributed by atoms with Crippen molar-refractivity contribution in [3.8, 4) is 0 Å². The molecular weight excluding hydrogens is 361 g/mol. The fourth-order valence-electron chi connectivity index (χ4n) is 2.19. The van der Waals surface area contributed by atoms with Crippen molar-refractivity contribution < 1.29 is 9.63 Å². The standard InChI is InChI=1S/C14H20N3O2PS2.C2H6/c1-11(18)13(9-12-7-5-4-6-8-12)17-14(21)16(10-15-17)20(3,22)19-2;1-2/h4-8,10-11,13,18H,9H2,1-3H3;1-2H3. The van der Waals surface area contributed by atoms with E-state index in [1.54, 1.807) is 29.4 Å². The fourth-order valence-corrected chi connectivity index (χ4v) is 4.21. The van der Waals surface area contributed by atoms with Crippen LogP contribution in [-0.2, 0) is 22.8 Å². The van der Waals surface area contributed by atoms with E-state index in [1.165, 1.54) is 0 Å². The topological polar surface area (TPSA) is 52.2 Å². The molecule has 5 nitrogen and oxygen atoms in total. The Morgan fingerprint density at radius 2 is 1.88 bits per heavy atom. The Hall–Kier alpha value is -0.850. The van der Waals surface area contributed by atoms with Gasteiger partial charge >= 0.3 is 0 Å². The maximum Gasteiger partial charge on any atom is 0.203 e. The van der Waals surface area contributed by atoms with Crippen molar-refractivity contribution in [2.24, 2.45) is 0 Å². The van der Waals surface area contributed by atoms with Crippen LogP contribution in [0.1, 0.15) is 32.4 Å². The highest BCUT2D eigenvalue weighted by Crippen LogP contribution is 2.43. The first-order valence-electron chi connectivity index (χ1n) is 7.89. The summed E-state index contributed by atoms with van der Waals surface area (Å²) in [5, 5.41) is 14.5. The summed E-state index contributed by atoms with van der Waals surface area (Å²) in [7, 11) is 1.58. The lowest BCUT2D eigenvalue weighted by Gasteiger charge is -2.21. The Kier molecular flexibility index (Phi) is 8.46. The molecule has 2 rings (SSSR count). The van der Waals surface area contributed by atoms with Crippen molar-refractivity contribution in [3.63, 3.8) is 0 Å². The Morgan fingerprint density at radius 1 is 1.29 bits per heavy atom. The van der Waals surface area contributed by atoms with Gasteiger partial charge in [0.15, 0.2) is 6.42 Å². The Morgan fingerprint density at radius 3 is 2.38 bits per heavy atom. The first kappa shape index (κ1) is 21.2. The van der Waals surface area contributed by atoms with Crippen LogP contribution in [0.25, 0.3) is 0 Å². The van der Waals surface area contributed by atoms with Crippen molar-refractivity contribution >= 4 is 30.4 Å². The molecule has 24 heavy (non-hydrogen) atoms. The van der Waals surface area contributed by atoms with E-state index in [0.717, 1.165) is 5.56 Å². The number of aliphatic hydroxyl groups is 1. The number of nitrogens with zero attached hydrogens (tertiary/aromatic N) is 3. The summed E-state index contributed by atoms with van der Waals surface area (Å²) in [6.45, 7) is 7.59. The zero-order valence-electron chi connectivity index (χ0n) is 14.8. The predicted octanol–water partition coefficient (Wildman–Crippen LogP) is 4.04. The van der Waals surface area contributed by atoms with Crippen molar-refractivity contribution in [2.45, 2.75) is 39.3 Å². The molecule has 1 aromatic carbocycles. The first-order valence-corrected chi connectivity index (χ1v) is 11.4. The molecule has 0 bridgehead atoms. The van der Waals surface area contributed by atoms with Crippen LogP contribution in [0, 0.1) is 4.77 Å². The quantitative estimate of drug-likeness (QED) is 0.599. The Balaban J connectivity index is 0.00000139. The summed E-state index contributed by atoms with van der Waals surface area (Å²) in [6.07, 6.45) is -0.558. The van der Waals surface area contributed by atoms with Gasteiger partial charge in [-0.05, 0) is 42.9 Å². The van der Waals surface area contributed by atoms with Gasteiger partial charge in [-0.25, -0.2) is 4.68 Å². The number of aromatic nitrogens is 3. The lowest BCUT2D eigenvalue weighted by atomic mass is 10.0. The summed E-state index contributed by atoms with van der Waals surface area (Å²) >= 11 is 10.9. The number of benzene rings is 1. The van der Waals surface area contributed by atoms with Gasteiger partial charge < -0.3 is 9.63 Å². The van der Waals surface area contributed by atoms with Crippen LogP contribution in [0.2, 0.25) is 0 Å². The first-order chi connectivity index (χ1) is 11.4. The number of hydrogen-bond donors (Lipinski definition) is 1. The van der Waals surface area contributed by atoms with Crippen LogP contribution in [0.15, 0.2) is 36.7 Å². The lowest BCUT2D eigenvalue weighted by molar-refractivity contribution is 0.121. The summed E-state index contributed by atoms with van der Waals surface area (Å²) in [4.78, 5) is 0. The Bertz CT molecular complexity index is 728. The molecule has 1 N–H and O–H groups in total. The largest absolute Gasteiger partial charge is 0.391 e. The van der Waals surface area contributed by atoms with E-state index in [4.69, 9.17) is 28.5 Å². The van der Waals surface area contributed by atoms with E-state index < -0.39 is 12.5 Å². The van der Waals surface area contributed by atoms with Crippen LogP contribution in [0.3, 0.4) is 0 Å². The molecule has 0 aliphatic heterocycles. The van der Waals surface area contributed by atoms with E-state index in [2.05, 4.69) is 5.10 Å². The molecule has 1 aromatic heterocycles. The molecule has 0 spiro atoms. The highest BCUT2D eigenvalue weighted by molar-refractivity contribution is 8.11. The molecular formula is C16H26N3O2PS2. The average Bonchev–Trinajstić information content (AvgIpc) is 2.97. The van der Waals surface area contributed by atoms with Gasteiger partial charge in [0.05, 0.1) is 12.1 Å². The number of aliphatic hydroxyl groups excluding tert-OH is 1. The van der Waals surface area contributed by atoms with Crippen molar-refractivity contribution in [1.82, 2.24) is 14.1 Å². The third kappa shape index (κ3) is 5.07.